The second-order valence-corrected chi connectivity index (χ2v) is 11.7. The van der Waals surface area contributed by atoms with Gasteiger partial charge in [-0.15, -0.1) is 22.7 Å². The molecule has 0 aromatic carbocycles. The first kappa shape index (κ1) is 20.6. The molecule has 0 atom stereocenters. The van der Waals surface area contributed by atoms with Gasteiger partial charge in [-0.05, 0) is 18.8 Å². The van der Waals surface area contributed by atoms with E-state index in [1.54, 1.807) is 0 Å². The number of aromatic nitrogens is 2. The zero-order chi connectivity index (χ0) is 19.0. The van der Waals surface area contributed by atoms with Crippen LogP contribution in [0, 0.1) is 0 Å². The van der Waals surface area contributed by atoms with E-state index in [0.717, 1.165) is 12.8 Å². The van der Waals surface area contributed by atoms with Gasteiger partial charge in [-0.3, -0.25) is 0 Å². The second kappa shape index (κ2) is 7.11. The summed E-state index contributed by atoms with van der Waals surface area (Å²) < 4.78 is 0. The molecule has 0 unspecified atom stereocenters. The lowest BCUT2D eigenvalue weighted by Crippen LogP contribution is -2.23. The largest absolute Gasteiger partial charge is 0.249 e. The quantitative estimate of drug-likeness (QED) is 0.538. The van der Waals surface area contributed by atoms with E-state index in [-0.39, 0.29) is 16.2 Å². The average molecular weight is 379 g/mol. The zero-order valence-corrected chi connectivity index (χ0v) is 19.0. The molecule has 0 fully saturated rings. The van der Waals surface area contributed by atoms with E-state index < -0.39 is 0 Å². The van der Waals surface area contributed by atoms with E-state index in [1.807, 2.05) is 22.7 Å². The van der Waals surface area contributed by atoms with Crippen LogP contribution in [0.25, 0.3) is 0 Å². The van der Waals surface area contributed by atoms with Crippen molar-refractivity contribution in [2.45, 2.75) is 97.3 Å². The first-order valence-electron chi connectivity index (χ1n) is 9.25. The average Bonchev–Trinajstić information content (AvgIpc) is 3.14. The summed E-state index contributed by atoms with van der Waals surface area (Å²) in [5.74, 6) is 0.505. The number of hydrogen-bond donors (Lipinski definition) is 0. The summed E-state index contributed by atoms with van der Waals surface area (Å²) in [5.41, 5.74) is 1.62. The maximum atomic E-state index is 4.90. The van der Waals surface area contributed by atoms with Crippen LogP contribution in [-0.2, 0) is 16.2 Å². The van der Waals surface area contributed by atoms with Crippen molar-refractivity contribution in [3.05, 3.63) is 32.2 Å². The zero-order valence-electron chi connectivity index (χ0n) is 17.4. The fourth-order valence-corrected chi connectivity index (χ4v) is 4.89. The Labute approximate surface area is 162 Å². The Hall–Kier alpha value is -0.740. The van der Waals surface area contributed by atoms with Crippen molar-refractivity contribution in [2.75, 3.05) is 0 Å². The van der Waals surface area contributed by atoms with Crippen LogP contribution in [-0.4, -0.2) is 9.97 Å². The first-order chi connectivity index (χ1) is 11.3. The van der Waals surface area contributed by atoms with Crippen LogP contribution in [0.5, 0.6) is 0 Å². The van der Waals surface area contributed by atoms with Gasteiger partial charge in [-0.2, -0.15) is 0 Å². The van der Waals surface area contributed by atoms with E-state index in [1.165, 1.54) is 20.6 Å². The van der Waals surface area contributed by atoms with E-state index in [4.69, 9.17) is 4.98 Å². The highest BCUT2D eigenvalue weighted by Crippen LogP contribution is 2.40. The van der Waals surface area contributed by atoms with Crippen molar-refractivity contribution < 1.29 is 0 Å². The summed E-state index contributed by atoms with van der Waals surface area (Å²) in [7, 11) is 0. The van der Waals surface area contributed by atoms with E-state index >= 15 is 0 Å². The van der Waals surface area contributed by atoms with Gasteiger partial charge in [0.25, 0.3) is 0 Å². The van der Waals surface area contributed by atoms with Crippen molar-refractivity contribution in [3.8, 4) is 0 Å². The van der Waals surface area contributed by atoms with Gasteiger partial charge in [-0.25, -0.2) is 9.97 Å². The third-order valence-corrected chi connectivity index (χ3v) is 7.90. The topological polar surface area (TPSA) is 25.8 Å². The fourth-order valence-electron chi connectivity index (χ4n) is 2.65. The van der Waals surface area contributed by atoms with Gasteiger partial charge in [0.15, 0.2) is 0 Å². The predicted octanol–water partition coefficient (Wildman–Crippen LogP) is 7.06. The molecule has 0 saturated heterocycles. The molecule has 2 aromatic rings. The molecule has 0 bridgehead atoms. The van der Waals surface area contributed by atoms with Crippen LogP contribution in [0.3, 0.4) is 0 Å². The van der Waals surface area contributed by atoms with E-state index in [0.29, 0.717) is 5.92 Å². The van der Waals surface area contributed by atoms with Crippen molar-refractivity contribution in [3.63, 3.8) is 0 Å². The number of thiazole rings is 2. The number of rotatable bonds is 6. The van der Waals surface area contributed by atoms with Crippen molar-refractivity contribution in [1.82, 2.24) is 9.97 Å². The normalized spacial score (nSPS) is 13.7. The Morgan fingerprint density at radius 1 is 0.920 bits per heavy atom. The van der Waals surface area contributed by atoms with E-state index in [9.17, 15) is 0 Å². The summed E-state index contributed by atoms with van der Waals surface area (Å²) >= 11 is 3.69. The highest BCUT2D eigenvalue weighted by Gasteiger charge is 2.31. The third kappa shape index (κ3) is 4.91. The minimum Gasteiger partial charge on any atom is -0.249 e. The molecule has 0 aliphatic heterocycles. The molecule has 140 valence electrons. The van der Waals surface area contributed by atoms with Crippen LogP contribution in [0.1, 0.15) is 102 Å². The Balaban J connectivity index is 2.10. The lowest BCUT2D eigenvalue weighted by molar-refractivity contribution is 0.377. The van der Waals surface area contributed by atoms with Crippen LogP contribution < -0.4 is 0 Å². The predicted molar refractivity (Wildman–Crippen MR) is 112 cm³/mol. The molecule has 25 heavy (non-hydrogen) atoms. The van der Waals surface area contributed by atoms with Crippen molar-refractivity contribution >= 4 is 22.7 Å². The third-order valence-electron chi connectivity index (χ3n) is 4.88. The summed E-state index contributed by atoms with van der Waals surface area (Å²) in [5, 5.41) is 4.73. The Morgan fingerprint density at radius 3 is 2.00 bits per heavy atom. The van der Waals surface area contributed by atoms with Crippen LogP contribution in [0.15, 0.2) is 11.6 Å². The number of nitrogens with zero attached hydrogens (tertiary/aromatic N) is 2. The molecule has 2 nitrogen and oxygen atoms in total. The molecule has 2 heterocycles. The molecular weight excluding hydrogens is 344 g/mol. The summed E-state index contributed by atoms with van der Waals surface area (Å²) in [6.45, 7) is 20.5. The van der Waals surface area contributed by atoms with Gasteiger partial charge in [0, 0.05) is 32.7 Å². The van der Waals surface area contributed by atoms with Gasteiger partial charge >= 0.3 is 0 Å². The minimum absolute atomic E-state index is 0.118. The molecule has 0 aliphatic carbocycles. The standard InChI is InChI=1S/C21H34N2S2/c1-14(2)15-13-24-18(23-15)21(8,9)11-10-20(6,7)16-12-22-17(25-16)19(3,4)5/h12-14H,10-11H2,1-9H3. The van der Waals surface area contributed by atoms with Gasteiger partial charge in [0.1, 0.15) is 0 Å². The van der Waals surface area contributed by atoms with Crippen LogP contribution >= 0.6 is 22.7 Å². The number of hydrogen-bond acceptors (Lipinski definition) is 4. The van der Waals surface area contributed by atoms with Gasteiger partial charge in [0.2, 0.25) is 0 Å². The first-order valence-corrected chi connectivity index (χ1v) is 11.0. The highest BCUT2D eigenvalue weighted by atomic mass is 32.1. The molecule has 0 radical (unpaired) electrons. The Bertz CT molecular complexity index is 700. The van der Waals surface area contributed by atoms with Gasteiger partial charge in [-0.1, -0.05) is 62.3 Å². The summed E-state index contributed by atoms with van der Waals surface area (Å²) in [6.07, 6.45) is 4.37. The summed E-state index contributed by atoms with van der Waals surface area (Å²) in [6, 6.07) is 0. The monoisotopic (exact) mass is 378 g/mol. The van der Waals surface area contributed by atoms with Crippen LogP contribution in [0.4, 0.5) is 0 Å². The molecule has 0 amide bonds. The summed E-state index contributed by atoms with van der Waals surface area (Å²) in [4.78, 5) is 11.0. The molecular formula is C21H34N2S2. The van der Waals surface area contributed by atoms with E-state index in [2.05, 4.69) is 78.9 Å². The van der Waals surface area contributed by atoms with Crippen molar-refractivity contribution in [2.24, 2.45) is 0 Å². The maximum Gasteiger partial charge on any atom is 0.0984 e. The molecule has 4 heteroatoms. The molecule has 2 rings (SSSR count). The molecule has 0 saturated carbocycles. The minimum atomic E-state index is 0.118. The molecule has 0 spiro atoms. The maximum absolute atomic E-state index is 4.90. The molecule has 0 N–H and O–H groups in total. The SMILES string of the molecule is CC(C)c1csc(C(C)(C)CCC(C)(C)c2cnc(C(C)(C)C)s2)n1. The molecule has 0 aliphatic rings. The fraction of sp³-hybridized carbons (Fsp3) is 0.714. The smallest absolute Gasteiger partial charge is 0.0984 e. The van der Waals surface area contributed by atoms with Crippen LogP contribution in [0.2, 0.25) is 0 Å². The highest BCUT2D eigenvalue weighted by molar-refractivity contribution is 7.12. The van der Waals surface area contributed by atoms with Gasteiger partial charge in [0.05, 0.1) is 15.7 Å². The molecule has 2 aromatic heterocycles. The lowest BCUT2D eigenvalue weighted by Gasteiger charge is -2.29. The Kier molecular flexibility index (Phi) is 5.85. The Morgan fingerprint density at radius 2 is 1.52 bits per heavy atom. The second-order valence-electron chi connectivity index (χ2n) is 9.78. The lowest BCUT2D eigenvalue weighted by atomic mass is 9.78. The van der Waals surface area contributed by atoms with Gasteiger partial charge < -0.3 is 0 Å². The van der Waals surface area contributed by atoms with Crippen molar-refractivity contribution in [1.29, 1.82) is 0 Å².